The van der Waals surface area contributed by atoms with E-state index in [0.717, 1.165) is 10.6 Å². The van der Waals surface area contributed by atoms with E-state index in [4.69, 9.17) is 4.74 Å². The van der Waals surface area contributed by atoms with E-state index in [1.54, 1.807) is 29.5 Å². The third-order valence-corrected chi connectivity index (χ3v) is 4.61. The molecular formula is C17H12FNO2S2. The molecule has 0 unspecified atom stereocenters. The first-order valence-electron chi connectivity index (χ1n) is 6.79. The SMILES string of the molecule is O=C(/C=C/c1ccccc1F)OCc1csc(-c2ccsc2)n1. The number of aromatic nitrogens is 1. The minimum atomic E-state index is -0.529. The number of ether oxygens (including phenoxy) is 1. The number of rotatable bonds is 5. The van der Waals surface area contributed by atoms with Crippen molar-refractivity contribution in [3.05, 3.63) is 69.6 Å². The van der Waals surface area contributed by atoms with Crippen molar-refractivity contribution in [1.29, 1.82) is 0 Å². The molecule has 0 aliphatic rings. The number of thiophene rings is 1. The molecule has 23 heavy (non-hydrogen) atoms. The maximum atomic E-state index is 13.4. The van der Waals surface area contributed by atoms with Gasteiger partial charge in [-0.25, -0.2) is 14.2 Å². The second kappa shape index (κ2) is 7.30. The number of carbonyl (C=O) groups excluding carboxylic acids is 1. The zero-order valence-electron chi connectivity index (χ0n) is 11.9. The van der Waals surface area contributed by atoms with Gasteiger partial charge in [0, 0.05) is 28.0 Å². The molecule has 0 bridgehead atoms. The molecule has 6 heteroatoms. The highest BCUT2D eigenvalue weighted by molar-refractivity contribution is 7.14. The Morgan fingerprint density at radius 2 is 2.13 bits per heavy atom. The standard InChI is InChI=1S/C17H12FNO2S2/c18-15-4-2-1-3-12(15)5-6-16(20)21-9-14-11-23-17(19-14)13-7-8-22-10-13/h1-8,10-11H,9H2/b6-5+. The molecule has 0 saturated heterocycles. The molecule has 0 N–H and O–H groups in total. The number of esters is 1. The van der Waals surface area contributed by atoms with E-state index in [0.29, 0.717) is 11.3 Å². The second-order valence-corrected chi connectivity index (χ2v) is 6.26. The van der Waals surface area contributed by atoms with Gasteiger partial charge < -0.3 is 4.74 Å². The molecule has 0 fully saturated rings. The average Bonchev–Trinajstić information content (AvgIpc) is 3.23. The number of nitrogens with zero attached hydrogens (tertiary/aromatic N) is 1. The number of benzene rings is 1. The van der Waals surface area contributed by atoms with Gasteiger partial charge in [0.15, 0.2) is 0 Å². The maximum Gasteiger partial charge on any atom is 0.331 e. The van der Waals surface area contributed by atoms with E-state index in [1.165, 1.54) is 29.6 Å². The topological polar surface area (TPSA) is 39.2 Å². The van der Waals surface area contributed by atoms with E-state index in [9.17, 15) is 9.18 Å². The molecule has 1 aromatic carbocycles. The van der Waals surface area contributed by atoms with Crippen molar-refractivity contribution in [3.8, 4) is 10.6 Å². The van der Waals surface area contributed by atoms with Crippen molar-refractivity contribution in [2.45, 2.75) is 6.61 Å². The van der Waals surface area contributed by atoms with Crippen molar-refractivity contribution in [2.24, 2.45) is 0 Å². The third kappa shape index (κ3) is 4.12. The zero-order chi connectivity index (χ0) is 16.1. The Hall–Kier alpha value is -2.31. The Morgan fingerprint density at radius 1 is 1.26 bits per heavy atom. The van der Waals surface area contributed by atoms with Crippen LogP contribution in [-0.4, -0.2) is 11.0 Å². The van der Waals surface area contributed by atoms with Crippen LogP contribution in [0.4, 0.5) is 4.39 Å². The summed E-state index contributed by atoms with van der Waals surface area (Å²) in [4.78, 5) is 16.1. The van der Waals surface area contributed by atoms with Crippen LogP contribution in [0, 0.1) is 5.82 Å². The summed E-state index contributed by atoms with van der Waals surface area (Å²) >= 11 is 3.12. The summed E-state index contributed by atoms with van der Waals surface area (Å²) in [6.45, 7) is 0.0983. The van der Waals surface area contributed by atoms with E-state index < -0.39 is 5.97 Å². The van der Waals surface area contributed by atoms with E-state index >= 15 is 0 Å². The minimum absolute atomic E-state index is 0.0983. The molecule has 2 aromatic heterocycles. The highest BCUT2D eigenvalue weighted by atomic mass is 32.1. The summed E-state index contributed by atoms with van der Waals surface area (Å²) in [6.07, 6.45) is 2.61. The van der Waals surface area contributed by atoms with Crippen molar-refractivity contribution in [1.82, 2.24) is 4.98 Å². The van der Waals surface area contributed by atoms with Crippen LogP contribution in [0.2, 0.25) is 0 Å². The molecule has 0 aliphatic carbocycles. The van der Waals surface area contributed by atoms with E-state index in [2.05, 4.69) is 4.98 Å². The molecule has 0 spiro atoms. The minimum Gasteiger partial charge on any atom is -0.456 e. The van der Waals surface area contributed by atoms with Crippen LogP contribution in [0.15, 0.2) is 52.5 Å². The Bertz CT molecular complexity index is 825. The van der Waals surface area contributed by atoms with Crippen molar-refractivity contribution in [3.63, 3.8) is 0 Å². The van der Waals surface area contributed by atoms with E-state index in [1.807, 2.05) is 22.2 Å². The lowest BCUT2D eigenvalue weighted by Gasteiger charge is -1.99. The number of hydrogen-bond acceptors (Lipinski definition) is 5. The number of thiazole rings is 1. The van der Waals surface area contributed by atoms with Crippen molar-refractivity contribution < 1.29 is 13.9 Å². The van der Waals surface area contributed by atoms with Gasteiger partial charge in [0.25, 0.3) is 0 Å². The molecular weight excluding hydrogens is 333 g/mol. The summed E-state index contributed by atoms with van der Waals surface area (Å²) in [6, 6.07) is 8.23. The van der Waals surface area contributed by atoms with Gasteiger partial charge >= 0.3 is 5.97 Å². The van der Waals surface area contributed by atoms with Gasteiger partial charge in [-0.2, -0.15) is 11.3 Å². The van der Waals surface area contributed by atoms with Gasteiger partial charge in [0.2, 0.25) is 0 Å². The quantitative estimate of drug-likeness (QED) is 0.494. The number of halogens is 1. The Kier molecular flexibility index (Phi) is 4.95. The highest BCUT2D eigenvalue weighted by Gasteiger charge is 2.07. The van der Waals surface area contributed by atoms with Crippen LogP contribution in [0.25, 0.3) is 16.6 Å². The maximum absolute atomic E-state index is 13.4. The Morgan fingerprint density at radius 3 is 2.91 bits per heavy atom. The van der Waals surface area contributed by atoms with Gasteiger partial charge in [-0.1, -0.05) is 18.2 Å². The molecule has 3 rings (SSSR count). The first-order chi connectivity index (χ1) is 11.2. The molecule has 3 nitrogen and oxygen atoms in total. The van der Waals surface area contributed by atoms with Crippen LogP contribution in [0.5, 0.6) is 0 Å². The van der Waals surface area contributed by atoms with Crippen LogP contribution in [-0.2, 0) is 16.1 Å². The third-order valence-electron chi connectivity index (χ3n) is 2.99. The molecule has 0 radical (unpaired) electrons. The smallest absolute Gasteiger partial charge is 0.331 e. The van der Waals surface area contributed by atoms with E-state index in [-0.39, 0.29) is 12.4 Å². The van der Waals surface area contributed by atoms with Crippen molar-refractivity contribution >= 4 is 34.7 Å². The lowest BCUT2D eigenvalue weighted by molar-refractivity contribution is -0.139. The van der Waals surface area contributed by atoms with Crippen LogP contribution >= 0.6 is 22.7 Å². The fraction of sp³-hybridized carbons (Fsp3) is 0.0588. The summed E-state index contributed by atoms with van der Waals surface area (Å²) in [5, 5.41) is 6.77. The largest absolute Gasteiger partial charge is 0.456 e. The predicted octanol–water partition coefficient (Wildman–Crippen LogP) is 4.77. The lowest BCUT2D eigenvalue weighted by atomic mass is 10.2. The lowest BCUT2D eigenvalue weighted by Crippen LogP contribution is -2.01. The monoisotopic (exact) mass is 345 g/mol. The van der Waals surface area contributed by atoms with Crippen LogP contribution in [0.1, 0.15) is 11.3 Å². The first kappa shape index (κ1) is 15.6. The van der Waals surface area contributed by atoms with Crippen LogP contribution < -0.4 is 0 Å². The van der Waals surface area contributed by atoms with Gasteiger partial charge in [-0.05, 0) is 23.6 Å². The summed E-state index contributed by atoms with van der Waals surface area (Å²) in [5.41, 5.74) is 2.11. The molecule has 0 aliphatic heterocycles. The van der Waals surface area contributed by atoms with Crippen LogP contribution in [0.3, 0.4) is 0 Å². The molecule has 3 aromatic rings. The normalized spacial score (nSPS) is 11.0. The number of hydrogen-bond donors (Lipinski definition) is 0. The average molecular weight is 345 g/mol. The fourth-order valence-electron chi connectivity index (χ4n) is 1.85. The molecule has 0 atom stereocenters. The Balaban J connectivity index is 1.56. The summed E-state index contributed by atoms with van der Waals surface area (Å²) in [7, 11) is 0. The number of carbonyl (C=O) groups is 1. The van der Waals surface area contributed by atoms with Gasteiger partial charge in [0.1, 0.15) is 17.4 Å². The molecule has 116 valence electrons. The Labute approximate surface area is 140 Å². The fourth-order valence-corrected chi connectivity index (χ4v) is 3.37. The molecule has 0 saturated carbocycles. The van der Waals surface area contributed by atoms with Gasteiger partial charge in [0.05, 0.1) is 5.69 Å². The summed E-state index contributed by atoms with van der Waals surface area (Å²) in [5.74, 6) is -0.908. The first-order valence-corrected chi connectivity index (χ1v) is 8.61. The molecule has 2 heterocycles. The summed E-state index contributed by atoms with van der Waals surface area (Å²) < 4.78 is 18.5. The van der Waals surface area contributed by atoms with Gasteiger partial charge in [-0.3, -0.25) is 0 Å². The second-order valence-electron chi connectivity index (χ2n) is 4.62. The molecule has 0 amide bonds. The highest BCUT2D eigenvalue weighted by Crippen LogP contribution is 2.25. The van der Waals surface area contributed by atoms with Gasteiger partial charge in [-0.15, -0.1) is 11.3 Å². The predicted molar refractivity (Wildman–Crippen MR) is 90.7 cm³/mol. The zero-order valence-corrected chi connectivity index (χ0v) is 13.6. The van der Waals surface area contributed by atoms with Crippen molar-refractivity contribution in [2.75, 3.05) is 0 Å².